The summed E-state index contributed by atoms with van der Waals surface area (Å²) in [5.74, 6) is -2.36. The van der Waals surface area contributed by atoms with Crippen LogP contribution >= 0.6 is 0 Å². The second kappa shape index (κ2) is 56.2. The van der Waals surface area contributed by atoms with E-state index >= 15 is 0 Å². The van der Waals surface area contributed by atoms with Gasteiger partial charge in [-0.25, -0.2) is 0 Å². The van der Waals surface area contributed by atoms with Gasteiger partial charge in [-0.15, -0.1) is 0 Å². The smallest absolute Gasteiger partial charge is 0.243 e. The molecule has 18 heteroatoms. The summed E-state index contributed by atoms with van der Waals surface area (Å²) in [4.78, 5) is 87.8. The Morgan fingerprint density at radius 1 is 0.362 bits per heavy atom. The lowest BCUT2D eigenvalue weighted by atomic mass is 10.0. The Labute approximate surface area is 486 Å². The standard InChI is InChI=1S/C62H122N12O6/c1-3-5-7-9-11-13-15-17-19-21-23-25-27-29-31-33-35-43-55(75)68-49-39-51-74(52-40-50-69-56(76)44-36-34-32-30-28-26-24-22-20-18-16-14-12-10-8-6-4-2)58(78)46-45-57(77)72-54(42-38-48-71-62(66)67)60(80)73-53(59(63)79)41-37-47-70-61(64)65/h53-54H,3-52H2,1-2H3,(H2,63,79)(H,68,75)(H,69,76)(H,72,77)(H,73,80)(H4,64,65,70)(H4,66,67,71)/t53-,54-/m0/s1. The fourth-order valence-corrected chi connectivity index (χ4v) is 10.0. The molecule has 0 aromatic rings. The van der Waals surface area contributed by atoms with Gasteiger partial charge in [-0.05, 0) is 51.4 Å². The van der Waals surface area contributed by atoms with Crippen molar-refractivity contribution in [1.82, 2.24) is 26.2 Å². The third kappa shape index (κ3) is 51.5. The molecule has 0 heterocycles. The Morgan fingerprint density at radius 2 is 0.688 bits per heavy atom. The quantitative estimate of drug-likeness (QED) is 0.0158. The van der Waals surface area contributed by atoms with Crippen molar-refractivity contribution >= 4 is 47.4 Å². The van der Waals surface area contributed by atoms with Gasteiger partial charge in [0.2, 0.25) is 35.4 Å². The maximum Gasteiger partial charge on any atom is 0.243 e. The molecule has 14 N–H and O–H groups in total. The molecule has 0 fully saturated rings. The molecule has 0 aliphatic carbocycles. The van der Waals surface area contributed by atoms with Crippen molar-refractivity contribution in [3.8, 4) is 0 Å². The van der Waals surface area contributed by atoms with Crippen LogP contribution in [0.25, 0.3) is 0 Å². The second-order valence-electron chi connectivity index (χ2n) is 22.6. The molecule has 0 rings (SSSR count). The highest BCUT2D eigenvalue weighted by atomic mass is 16.2. The summed E-state index contributed by atoms with van der Waals surface area (Å²) in [6.45, 7) is 6.51. The van der Waals surface area contributed by atoms with Gasteiger partial charge in [-0.3, -0.25) is 38.8 Å². The van der Waals surface area contributed by atoms with Crippen LogP contribution in [0.4, 0.5) is 0 Å². The minimum atomic E-state index is -1.07. The minimum Gasteiger partial charge on any atom is -0.370 e. The molecule has 0 radical (unpaired) electrons. The van der Waals surface area contributed by atoms with Gasteiger partial charge in [0.1, 0.15) is 12.1 Å². The van der Waals surface area contributed by atoms with E-state index in [0.29, 0.717) is 64.7 Å². The van der Waals surface area contributed by atoms with Crippen molar-refractivity contribution in [3.63, 3.8) is 0 Å². The predicted octanol–water partition coefficient (Wildman–Crippen LogP) is 10.3. The molecular formula is C62H122N12O6. The van der Waals surface area contributed by atoms with Gasteiger partial charge in [-0.1, -0.05) is 219 Å². The zero-order valence-electron chi connectivity index (χ0n) is 51.2. The summed E-state index contributed by atoms with van der Waals surface area (Å²) in [6, 6.07) is -2.10. The molecule has 18 nitrogen and oxygen atoms in total. The van der Waals surface area contributed by atoms with Crippen molar-refractivity contribution in [3.05, 3.63) is 0 Å². The van der Waals surface area contributed by atoms with Crippen molar-refractivity contribution < 1.29 is 28.8 Å². The average Bonchev–Trinajstić information content (AvgIpc) is 3.42. The lowest BCUT2D eigenvalue weighted by Crippen LogP contribution is -2.53. The number of rotatable bonds is 59. The first kappa shape index (κ1) is 75.4. The molecular weight excluding hydrogens is 1010 g/mol. The average molecular weight is 1130 g/mol. The van der Waals surface area contributed by atoms with Gasteiger partial charge in [0.05, 0.1) is 0 Å². The van der Waals surface area contributed by atoms with E-state index in [1.54, 1.807) is 4.90 Å². The number of aliphatic imine (C=N–C) groups is 2. The molecule has 0 saturated carbocycles. The minimum absolute atomic E-state index is 0.00721. The summed E-state index contributed by atoms with van der Waals surface area (Å²) in [5.41, 5.74) is 27.3. The van der Waals surface area contributed by atoms with Crippen molar-refractivity contribution in [2.45, 2.75) is 308 Å². The molecule has 80 heavy (non-hydrogen) atoms. The molecule has 0 aromatic heterocycles. The van der Waals surface area contributed by atoms with E-state index < -0.39 is 29.8 Å². The van der Waals surface area contributed by atoms with Crippen LogP contribution in [0.2, 0.25) is 0 Å². The number of carbonyl (C=O) groups excluding carboxylic acids is 6. The predicted molar refractivity (Wildman–Crippen MR) is 332 cm³/mol. The Hall–Kier alpha value is -4.64. The molecule has 0 spiro atoms. The number of carbonyl (C=O) groups is 6. The van der Waals surface area contributed by atoms with Gasteiger partial charge in [-0.2, -0.15) is 0 Å². The summed E-state index contributed by atoms with van der Waals surface area (Å²) < 4.78 is 0. The monoisotopic (exact) mass is 1130 g/mol. The fourth-order valence-electron chi connectivity index (χ4n) is 10.0. The van der Waals surface area contributed by atoms with Crippen LogP contribution in [0.15, 0.2) is 9.98 Å². The van der Waals surface area contributed by atoms with Crippen LogP contribution in [0.3, 0.4) is 0 Å². The first-order valence-corrected chi connectivity index (χ1v) is 32.6. The Kier molecular flexibility index (Phi) is 53.0. The second-order valence-corrected chi connectivity index (χ2v) is 22.6. The fraction of sp³-hybridized carbons (Fsp3) is 0.871. The lowest BCUT2D eigenvalue weighted by molar-refractivity contribution is -0.135. The summed E-state index contributed by atoms with van der Waals surface area (Å²) >= 11 is 0. The maximum absolute atomic E-state index is 13.7. The number of amides is 6. The van der Waals surface area contributed by atoms with Gasteiger partial charge in [0, 0.05) is 65.0 Å². The lowest BCUT2D eigenvalue weighted by Gasteiger charge is -2.24. The van der Waals surface area contributed by atoms with E-state index in [0.717, 1.165) is 38.5 Å². The van der Waals surface area contributed by atoms with Crippen LogP contribution in [-0.2, 0) is 28.8 Å². The van der Waals surface area contributed by atoms with E-state index in [4.69, 9.17) is 28.7 Å². The molecule has 2 atom stereocenters. The topological polar surface area (TPSA) is 309 Å². The Balaban J connectivity index is 5.03. The largest absolute Gasteiger partial charge is 0.370 e. The van der Waals surface area contributed by atoms with E-state index in [1.807, 2.05) is 0 Å². The highest BCUT2D eigenvalue weighted by Gasteiger charge is 2.26. The van der Waals surface area contributed by atoms with Crippen LogP contribution in [-0.4, -0.2) is 104 Å². The molecule has 0 aliphatic heterocycles. The Bertz CT molecular complexity index is 1550. The first-order valence-electron chi connectivity index (χ1n) is 32.6. The molecule has 0 unspecified atom stereocenters. The van der Waals surface area contributed by atoms with Gasteiger partial charge in [0.15, 0.2) is 11.9 Å². The third-order valence-electron chi connectivity index (χ3n) is 15.0. The van der Waals surface area contributed by atoms with Crippen molar-refractivity contribution in [2.24, 2.45) is 38.7 Å². The summed E-state index contributed by atoms with van der Waals surface area (Å²) in [5, 5.41) is 11.4. The highest BCUT2D eigenvalue weighted by molar-refractivity contribution is 5.92. The van der Waals surface area contributed by atoms with E-state index in [1.165, 1.54) is 180 Å². The zero-order chi connectivity index (χ0) is 58.9. The Morgan fingerprint density at radius 3 is 1.01 bits per heavy atom. The number of guanidine groups is 2. The molecule has 6 amide bonds. The van der Waals surface area contributed by atoms with Crippen LogP contribution < -0.4 is 49.9 Å². The maximum atomic E-state index is 13.7. The van der Waals surface area contributed by atoms with E-state index in [2.05, 4.69) is 45.1 Å². The molecule has 0 saturated heterocycles. The number of primary amides is 1. The number of nitrogens with two attached hydrogens (primary N) is 5. The number of unbranched alkanes of at least 4 members (excludes halogenated alkanes) is 32. The molecule has 0 aromatic carbocycles. The summed E-state index contributed by atoms with van der Waals surface area (Å²) in [6.07, 6.45) is 46.4. The van der Waals surface area contributed by atoms with Crippen molar-refractivity contribution in [2.75, 3.05) is 39.3 Å². The summed E-state index contributed by atoms with van der Waals surface area (Å²) in [7, 11) is 0. The molecule has 0 bridgehead atoms. The van der Waals surface area contributed by atoms with E-state index in [9.17, 15) is 28.8 Å². The number of hydrogen-bond acceptors (Lipinski definition) is 8. The van der Waals surface area contributed by atoms with Crippen LogP contribution in [0, 0.1) is 0 Å². The first-order chi connectivity index (χ1) is 38.8. The van der Waals surface area contributed by atoms with Crippen LogP contribution in [0.5, 0.6) is 0 Å². The van der Waals surface area contributed by atoms with Gasteiger partial charge >= 0.3 is 0 Å². The third-order valence-corrected chi connectivity index (χ3v) is 15.0. The SMILES string of the molecule is CCCCCCCCCCCCCCCCCCCC(=O)NCCCN(CCCNC(=O)CCCCCCCCCCCCCCCCCCC)C(=O)CCC(=O)N[C@@H](CCCN=C(N)N)C(=O)N[C@@H](CCCN=C(N)N)C(N)=O. The van der Waals surface area contributed by atoms with Crippen molar-refractivity contribution in [1.29, 1.82) is 0 Å². The van der Waals surface area contributed by atoms with E-state index in [-0.39, 0.29) is 68.4 Å². The number of nitrogens with zero attached hydrogens (tertiary/aromatic N) is 3. The highest BCUT2D eigenvalue weighted by Crippen LogP contribution is 2.17. The zero-order valence-corrected chi connectivity index (χ0v) is 51.2. The number of hydrogen-bond donors (Lipinski definition) is 9. The van der Waals surface area contributed by atoms with Gasteiger partial charge < -0.3 is 54.8 Å². The molecule has 0 aliphatic rings. The van der Waals surface area contributed by atoms with Crippen LogP contribution in [0.1, 0.15) is 296 Å². The van der Waals surface area contributed by atoms with Gasteiger partial charge in [0.25, 0.3) is 0 Å². The normalized spacial score (nSPS) is 11.8. The molecule has 466 valence electrons. The number of nitrogens with one attached hydrogen (secondary N) is 4.